The lowest BCUT2D eigenvalue weighted by atomic mass is 10.0. The summed E-state index contributed by atoms with van der Waals surface area (Å²) in [5.74, 6) is 1.55. The van der Waals surface area contributed by atoms with Crippen molar-refractivity contribution in [3.8, 4) is 0 Å². The van der Waals surface area contributed by atoms with E-state index in [1.807, 2.05) is 31.2 Å². The predicted octanol–water partition coefficient (Wildman–Crippen LogP) is 3.52. The van der Waals surface area contributed by atoms with Crippen molar-refractivity contribution in [3.05, 3.63) is 75.2 Å². The third-order valence-corrected chi connectivity index (χ3v) is 6.04. The molecule has 0 aliphatic heterocycles. The van der Waals surface area contributed by atoms with Crippen LogP contribution in [-0.4, -0.2) is 43.8 Å². The van der Waals surface area contributed by atoms with Crippen LogP contribution in [0.15, 0.2) is 45.8 Å². The summed E-state index contributed by atoms with van der Waals surface area (Å²) < 4.78 is 12.6. The molecule has 3 heterocycles. The Morgan fingerprint density at radius 3 is 2.76 bits per heavy atom. The normalized spacial score (nSPS) is 12.6. The van der Waals surface area contributed by atoms with Gasteiger partial charge < -0.3 is 14.1 Å². The maximum atomic E-state index is 13.0. The highest BCUT2D eigenvalue weighted by molar-refractivity contribution is 5.80. The van der Waals surface area contributed by atoms with Gasteiger partial charge in [0.2, 0.25) is 0 Å². The fraction of sp³-hybridized carbons (Fsp3) is 0.417. The molecule has 33 heavy (non-hydrogen) atoms. The van der Waals surface area contributed by atoms with Crippen molar-refractivity contribution in [2.24, 2.45) is 0 Å². The van der Waals surface area contributed by atoms with E-state index in [0.717, 1.165) is 34.5 Å². The molecule has 0 aliphatic carbocycles. The molecule has 1 aromatic carbocycles. The average Bonchev–Trinajstić information content (AvgIpc) is 3.47. The second-order valence-corrected chi connectivity index (χ2v) is 8.31. The number of rotatable bonds is 10. The lowest BCUT2D eigenvalue weighted by Gasteiger charge is -2.29. The summed E-state index contributed by atoms with van der Waals surface area (Å²) >= 11 is 0. The van der Waals surface area contributed by atoms with Gasteiger partial charge in [-0.2, -0.15) is 0 Å². The Bertz CT molecular complexity index is 1260. The molecular weight excluding hydrogens is 420 g/mol. The molecule has 1 atom stereocenters. The van der Waals surface area contributed by atoms with Crippen molar-refractivity contribution < 1.29 is 9.15 Å². The van der Waals surface area contributed by atoms with Gasteiger partial charge in [-0.25, -0.2) is 4.68 Å². The molecule has 3 aromatic heterocycles. The number of hydrogen-bond donors (Lipinski definition) is 1. The third kappa shape index (κ3) is 5.04. The number of benzene rings is 1. The van der Waals surface area contributed by atoms with Crippen LogP contribution in [0.4, 0.5) is 0 Å². The molecule has 1 unspecified atom stereocenters. The molecule has 0 bridgehead atoms. The van der Waals surface area contributed by atoms with Crippen molar-refractivity contribution in [2.75, 3.05) is 13.7 Å². The summed E-state index contributed by atoms with van der Waals surface area (Å²) in [6.45, 7) is 8.23. The molecule has 0 aliphatic rings. The molecule has 0 fully saturated rings. The van der Waals surface area contributed by atoms with Gasteiger partial charge in [0.05, 0.1) is 32.0 Å². The lowest BCUT2D eigenvalue weighted by molar-refractivity contribution is 0.142. The highest BCUT2D eigenvalue weighted by Gasteiger charge is 2.26. The van der Waals surface area contributed by atoms with Gasteiger partial charge in [-0.3, -0.25) is 9.69 Å². The molecular formula is C24H30N6O3. The van der Waals surface area contributed by atoms with Gasteiger partial charge in [0, 0.05) is 24.7 Å². The number of hydrogen-bond acceptors (Lipinski definition) is 7. The van der Waals surface area contributed by atoms with Crippen molar-refractivity contribution in [3.63, 3.8) is 0 Å². The summed E-state index contributed by atoms with van der Waals surface area (Å²) in [7, 11) is 1.65. The number of furan rings is 1. The van der Waals surface area contributed by atoms with Crippen LogP contribution >= 0.6 is 0 Å². The molecule has 4 rings (SSSR count). The number of nitrogens with one attached hydrogen (secondary N) is 1. The van der Waals surface area contributed by atoms with E-state index in [1.165, 1.54) is 5.56 Å². The van der Waals surface area contributed by atoms with Crippen molar-refractivity contribution in [1.29, 1.82) is 0 Å². The summed E-state index contributed by atoms with van der Waals surface area (Å²) in [5.41, 5.74) is 3.78. The van der Waals surface area contributed by atoms with Crippen molar-refractivity contribution in [1.82, 2.24) is 30.1 Å². The predicted molar refractivity (Wildman–Crippen MR) is 125 cm³/mol. The smallest absolute Gasteiger partial charge is 0.252 e. The number of aryl methyl sites for hydroxylation is 2. The number of fused-ring (bicyclic) bond motifs is 1. The average molecular weight is 451 g/mol. The molecule has 174 valence electrons. The number of pyridine rings is 1. The zero-order chi connectivity index (χ0) is 23.4. The van der Waals surface area contributed by atoms with Gasteiger partial charge >= 0.3 is 0 Å². The minimum Gasteiger partial charge on any atom is -0.468 e. The van der Waals surface area contributed by atoms with Crippen molar-refractivity contribution >= 4 is 10.9 Å². The molecule has 1 N–H and O–H groups in total. The number of ether oxygens (including phenoxy) is 1. The second kappa shape index (κ2) is 10.1. The van der Waals surface area contributed by atoms with Gasteiger partial charge in [0.25, 0.3) is 5.56 Å². The van der Waals surface area contributed by atoms with E-state index in [0.29, 0.717) is 31.8 Å². The van der Waals surface area contributed by atoms with Crippen molar-refractivity contribution in [2.45, 2.75) is 52.9 Å². The molecule has 4 aromatic rings. The third-order valence-electron chi connectivity index (χ3n) is 6.04. The molecule has 0 spiro atoms. The maximum Gasteiger partial charge on any atom is 0.252 e. The van der Waals surface area contributed by atoms with Crippen LogP contribution in [0.5, 0.6) is 0 Å². The lowest BCUT2D eigenvalue weighted by Crippen LogP contribution is -2.32. The highest BCUT2D eigenvalue weighted by Crippen LogP contribution is 2.27. The molecule has 9 nitrogen and oxygen atoms in total. The van der Waals surface area contributed by atoms with Crippen LogP contribution in [0.2, 0.25) is 0 Å². The Morgan fingerprint density at radius 1 is 1.21 bits per heavy atom. The summed E-state index contributed by atoms with van der Waals surface area (Å²) in [6.07, 6.45) is 2.42. The van der Waals surface area contributed by atoms with Gasteiger partial charge in [-0.15, -0.1) is 5.10 Å². The van der Waals surface area contributed by atoms with E-state index in [2.05, 4.69) is 45.3 Å². The Balaban J connectivity index is 1.72. The van der Waals surface area contributed by atoms with E-state index >= 15 is 0 Å². The fourth-order valence-electron chi connectivity index (χ4n) is 4.13. The van der Waals surface area contributed by atoms with E-state index in [9.17, 15) is 4.79 Å². The first-order valence-corrected chi connectivity index (χ1v) is 11.1. The Labute approximate surface area is 192 Å². The number of aromatic nitrogens is 5. The van der Waals surface area contributed by atoms with Crippen LogP contribution in [-0.2, 0) is 24.4 Å². The zero-order valence-corrected chi connectivity index (χ0v) is 19.5. The Kier molecular flexibility index (Phi) is 7.00. The Hall–Kier alpha value is -3.30. The first-order valence-electron chi connectivity index (χ1n) is 11.1. The monoisotopic (exact) mass is 450 g/mol. The van der Waals surface area contributed by atoms with Crippen LogP contribution in [0.1, 0.15) is 47.7 Å². The quantitative estimate of drug-likeness (QED) is 0.394. The summed E-state index contributed by atoms with van der Waals surface area (Å²) in [5, 5.41) is 13.4. The summed E-state index contributed by atoms with van der Waals surface area (Å²) in [6, 6.07) is 9.81. The van der Waals surface area contributed by atoms with E-state index in [-0.39, 0.29) is 11.6 Å². The molecule has 0 saturated heterocycles. The van der Waals surface area contributed by atoms with Crippen LogP contribution in [0.25, 0.3) is 10.9 Å². The minimum atomic E-state index is -0.114. The first-order chi connectivity index (χ1) is 16.0. The van der Waals surface area contributed by atoms with Crippen LogP contribution < -0.4 is 5.56 Å². The number of tetrazole rings is 1. The zero-order valence-electron chi connectivity index (χ0n) is 19.5. The SMILES string of the molecule is CCC(c1nnnn1CCOC)N(Cc1ccco1)Cc1cc2cc(C)c(C)cc2[nH]c1=O. The second-order valence-electron chi connectivity index (χ2n) is 8.31. The Morgan fingerprint density at radius 2 is 2.03 bits per heavy atom. The van der Waals surface area contributed by atoms with Gasteiger partial charge in [-0.05, 0) is 77.5 Å². The first kappa shape index (κ1) is 22.9. The number of nitrogens with zero attached hydrogens (tertiary/aromatic N) is 5. The van der Waals surface area contributed by atoms with Gasteiger partial charge in [-0.1, -0.05) is 6.92 Å². The largest absolute Gasteiger partial charge is 0.468 e. The molecule has 0 radical (unpaired) electrons. The van der Waals surface area contributed by atoms with E-state index in [1.54, 1.807) is 18.1 Å². The van der Waals surface area contributed by atoms with Gasteiger partial charge in [0.1, 0.15) is 5.76 Å². The summed E-state index contributed by atoms with van der Waals surface area (Å²) in [4.78, 5) is 18.2. The topological polar surface area (TPSA) is 102 Å². The molecule has 0 amide bonds. The van der Waals surface area contributed by atoms with Gasteiger partial charge in [0.15, 0.2) is 5.82 Å². The van der Waals surface area contributed by atoms with Crippen LogP contribution in [0.3, 0.4) is 0 Å². The minimum absolute atomic E-state index is 0.0935. The number of methoxy groups -OCH3 is 1. The highest BCUT2D eigenvalue weighted by atomic mass is 16.5. The number of aromatic amines is 1. The number of H-pyrrole nitrogens is 1. The standard InChI is InChI=1S/C24H30N6O3/c1-5-22(23-26-27-28-30(23)8-10-32-4)29(15-20-7-6-9-33-20)14-19-13-18-11-16(2)17(3)12-21(18)25-24(19)31/h6-7,9,11-13,22H,5,8,10,14-15H2,1-4H3,(H,25,31). The van der Waals surface area contributed by atoms with Crippen LogP contribution in [0, 0.1) is 13.8 Å². The van der Waals surface area contributed by atoms with E-state index in [4.69, 9.17) is 9.15 Å². The maximum absolute atomic E-state index is 13.0. The fourth-order valence-corrected chi connectivity index (χ4v) is 4.13. The van der Waals surface area contributed by atoms with E-state index < -0.39 is 0 Å². The molecule has 9 heteroatoms. The molecule has 0 saturated carbocycles.